The molecule has 35 heavy (non-hydrogen) atoms. The van der Waals surface area contributed by atoms with Crippen molar-refractivity contribution < 1.29 is 56.3 Å². The van der Waals surface area contributed by atoms with Crippen LogP contribution in [0.1, 0.15) is 12.6 Å². The second-order valence-corrected chi connectivity index (χ2v) is 10.5. The summed E-state index contributed by atoms with van der Waals surface area (Å²) in [7, 11) is -16.6. The molecule has 0 amide bonds. The van der Waals surface area contributed by atoms with Crippen molar-refractivity contribution in [1.29, 1.82) is 0 Å². The van der Waals surface area contributed by atoms with E-state index in [0.29, 0.717) is 0 Å². The third-order valence-electron chi connectivity index (χ3n) is 3.78. The minimum Gasteiger partial charge on any atom is -0.390 e. The van der Waals surface area contributed by atoms with E-state index >= 15 is 0 Å². The number of hydrogen-bond donors (Lipinski definition) is 11. The highest BCUT2D eigenvalue weighted by Crippen LogP contribution is 2.66. The molecule has 2 aromatic rings. The Morgan fingerprint density at radius 2 is 1.71 bits per heavy atom. The van der Waals surface area contributed by atoms with Crippen LogP contribution in [0.15, 0.2) is 11.1 Å². The standard InChI is InChI=1S/C10H16N5O13P3.4H3N/c11-10-13-8-7(9(17)14-10)12-3-15(8)6-1-4(16)5(26-6)2-25-30(21,22)28-31(23,24)27-29(18,19)20;;;;/h3-6,16H,1-2H2,(H,21,22)(H,23,24)(H2,18,19,20)(H3,11,13,14,17);4*1H3/t4-,5+,6+;;;;/m0..../s1/i1+1,2+1,3+1,4+1,5+1,6+1,7+1,8+1,9+1,10+1,11+1,12+1,13+1,14+1,15+1;;;;. The quantitative estimate of drug-likeness (QED) is 0.103. The molecule has 22 nitrogen and oxygen atoms in total. The third kappa shape index (κ3) is 9.04. The number of aliphatic hydroxyl groups excluding tert-OH is 1. The molecule has 0 spiro atoms. The van der Waals surface area contributed by atoms with Gasteiger partial charge in [-0.15, -0.1) is 0 Å². The van der Waals surface area contributed by atoms with Gasteiger partial charge in [0.1, 0.15) is 12.3 Å². The monoisotopic (exact) mass is 590 g/mol. The molecule has 25 heteroatoms. The van der Waals surface area contributed by atoms with Gasteiger partial charge < -0.3 is 59.8 Å². The van der Waals surface area contributed by atoms with Gasteiger partial charge in [0.25, 0.3) is 5.56 Å². The molecule has 3 heterocycles. The van der Waals surface area contributed by atoms with Gasteiger partial charge >= 0.3 is 23.5 Å². The number of phosphoric ester groups is 1. The fraction of sp³-hybridized carbons (Fsp3) is 0.500. The van der Waals surface area contributed by atoms with Crippen molar-refractivity contribution in [1.82, 2.24) is 44.1 Å². The maximum absolute atomic E-state index is 11.8. The number of aromatic nitrogens is 4. The van der Waals surface area contributed by atoms with Crippen LogP contribution in [0.2, 0.25) is 0 Å². The van der Waals surface area contributed by atoms with E-state index in [2.05, 4.69) is 28.1 Å². The molecule has 20 N–H and O–H groups in total. The highest BCUT2D eigenvalue weighted by Gasteiger charge is 2.43. The number of aliphatic hydroxyl groups is 1. The van der Waals surface area contributed by atoms with E-state index in [9.17, 15) is 28.5 Å². The number of nitrogen functional groups attached to an aromatic ring is 1. The van der Waals surface area contributed by atoms with Gasteiger partial charge in [0.05, 0.1) is 19.0 Å². The van der Waals surface area contributed by atoms with Crippen molar-refractivity contribution in [3.8, 4) is 0 Å². The molecule has 0 aliphatic carbocycles. The fourth-order valence-electron chi connectivity index (χ4n) is 2.66. The topological polar surface area (TPSA) is 419 Å². The molecule has 0 radical (unpaired) electrons. The predicted octanol–water partition coefficient (Wildman–Crippen LogP) is -0.658. The fourth-order valence-corrected chi connectivity index (χ4v) is 5.69. The Hall–Kier alpha value is -1.68. The Morgan fingerprint density at radius 1 is 1.11 bits per heavy atom. The van der Waals surface area contributed by atoms with Crippen molar-refractivity contribution in [2.75, 3.05) is 12.3 Å². The Labute approximate surface area is 195 Å². The van der Waals surface area contributed by atoms with Crippen LogP contribution >= 0.6 is 23.5 Å². The maximum Gasteiger partial charge on any atom is 0.490 e. The van der Waals surface area contributed by atoms with E-state index in [0.717, 1.165) is 0 Å². The van der Waals surface area contributed by atoms with Gasteiger partial charge in [0.15, 0.2) is 11.2 Å². The Morgan fingerprint density at radius 3 is 2.29 bits per heavy atom. The van der Waals surface area contributed by atoms with E-state index < -0.39 is 54.1 Å². The van der Waals surface area contributed by atoms with E-state index in [1.54, 1.807) is 0 Å². The smallest absolute Gasteiger partial charge is 0.390 e. The predicted molar refractivity (Wildman–Crippen MR) is 117 cm³/mol. The second-order valence-electron chi connectivity index (χ2n) is 6.09. The van der Waals surface area contributed by atoms with Crippen molar-refractivity contribution in [2.45, 2.75) is 24.9 Å². The zero-order valence-electron chi connectivity index (χ0n) is 17.8. The molecule has 3 rings (SSSR count). The Balaban J connectivity index is 0. The summed E-state index contributed by atoms with van der Waals surface area (Å²) >= 11 is 0. The molecule has 1 fully saturated rings. The summed E-state index contributed by atoms with van der Waals surface area (Å²) in [5.41, 5.74) is 4.89. The molecule has 1 aliphatic heterocycles. The van der Waals surface area contributed by atoms with Crippen molar-refractivity contribution in [2.24, 2.45) is 0 Å². The number of H-pyrrole nitrogens is 1. The summed E-state index contributed by atoms with van der Waals surface area (Å²) in [6.07, 6.45) is -2.36. The number of imidazole rings is 1. The van der Waals surface area contributed by atoms with E-state index in [1.807, 2.05) is 0 Å². The molecule has 0 saturated carbocycles. The van der Waals surface area contributed by atoms with Gasteiger partial charge in [-0.05, 0) is 0 Å². The molecule has 206 valence electrons. The first-order valence-electron chi connectivity index (χ1n) is 8.00. The summed E-state index contributed by atoms with van der Waals surface area (Å²) in [5, 5.41) is 10.1. The number of nitrogens with one attached hydrogen (secondary N) is 1. The summed E-state index contributed by atoms with van der Waals surface area (Å²) in [4.78, 5) is 57.5. The number of nitrogens with zero attached hydrogens (tertiary/aromatic N) is 3. The van der Waals surface area contributed by atoms with Gasteiger partial charge in [0, 0.05) is 6.42 Å². The summed E-state index contributed by atoms with van der Waals surface area (Å²) < 4.78 is 52.1. The molecule has 1 saturated heterocycles. The molecule has 0 bridgehead atoms. The molecule has 2 aromatic heterocycles. The van der Waals surface area contributed by atoms with Crippen molar-refractivity contribution in [3.05, 3.63) is 16.7 Å². The number of aromatic amines is 1. The summed E-state index contributed by atoms with van der Waals surface area (Å²) in [6, 6.07) is 0. The lowest BCUT2D eigenvalue weighted by atomic mass is 11.1. The number of anilines is 1. The number of phosphoric acid groups is 3. The van der Waals surface area contributed by atoms with E-state index in [1.165, 1.54) is 10.9 Å². The van der Waals surface area contributed by atoms with Crippen LogP contribution < -0.4 is 35.9 Å². The normalized spacial score (nSPS) is 23.1. The molecule has 2 unspecified atom stereocenters. The van der Waals surface area contributed by atoms with Crippen molar-refractivity contribution in [3.63, 3.8) is 0 Å². The number of ether oxygens (including phenoxy) is 1. The average Bonchev–Trinajstić information content (AvgIpc) is 3.13. The van der Waals surface area contributed by atoms with Gasteiger partial charge in [-0.2, -0.15) is 13.6 Å². The summed E-state index contributed by atoms with van der Waals surface area (Å²) in [6.45, 7) is -0.843. The van der Waals surface area contributed by atoms with Crippen LogP contribution in [0.25, 0.3) is 11.2 Å². The Kier molecular flexibility index (Phi) is 12.7. The minimum atomic E-state index is -5.67. The Bertz CT molecular complexity index is 1180. The maximum atomic E-state index is 11.8. The second kappa shape index (κ2) is 12.5. The molecule has 0 aromatic carbocycles. The zero-order valence-corrected chi connectivity index (χ0v) is 20.5. The van der Waals surface area contributed by atoms with Crippen molar-refractivity contribution >= 4 is 40.6 Å². The number of fused-ring (bicyclic) bond motifs is 1. The number of nitrogens with two attached hydrogens (primary N) is 1. The minimum absolute atomic E-state index is 0. The van der Waals surface area contributed by atoms with Gasteiger partial charge in [-0.1, -0.05) is 0 Å². The first kappa shape index (κ1) is 35.5. The van der Waals surface area contributed by atoms with Crippen LogP contribution in [0, 0.1) is 0 Å². The SMILES string of the molecule is N.N.N.N.[15NH2][13c]1[15n][13c]2[13c]([15n][13cH][15n]2[13C@H]2[13CH2][13C@H](O)[13C@@H]([13CH2]OP(=O)(O)OP(=O)(O)OP(=O)(O)O)O2)[13c](=O)[15nH]1. The van der Waals surface area contributed by atoms with Gasteiger partial charge in [-0.3, -0.25) is 18.9 Å². The lowest BCUT2D eigenvalue weighted by Crippen LogP contribution is -2.26. The molecule has 1 aliphatic rings. The highest BCUT2D eigenvalue weighted by atomic mass is 31.3. The lowest BCUT2D eigenvalue weighted by Gasteiger charge is -2.19. The number of hydrogen-bond acceptors (Lipinski definition) is 16. The van der Waals surface area contributed by atoms with Gasteiger partial charge in [-0.25, -0.2) is 18.7 Å². The first-order chi connectivity index (χ1) is 14.2. The van der Waals surface area contributed by atoms with Crippen LogP contribution in [0.4, 0.5) is 5.95 Å². The first-order valence-corrected chi connectivity index (χ1v) is 12.5. The highest BCUT2D eigenvalue weighted by molar-refractivity contribution is 7.66. The molecule has 5 atom stereocenters. The van der Waals surface area contributed by atoms with Gasteiger partial charge in [0.2, 0.25) is 5.95 Å². The van der Waals surface area contributed by atoms with E-state index in [-0.39, 0.29) is 48.1 Å². The third-order valence-corrected chi connectivity index (χ3v) is 7.59. The van der Waals surface area contributed by atoms with Crippen LogP contribution in [0.3, 0.4) is 0 Å². The summed E-state index contributed by atoms with van der Waals surface area (Å²) in [5.74, 6) is -0.193. The van der Waals surface area contributed by atoms with E-state index in [4.69, 9.17) is 25.2 Å². The number of rotatable bonds is 8. The zero-order chi connectivity index (χ0) is 23.2. The van der Waals surface area contributed by atoms with Crippen LogP contribution in [-0.2, 0) is 31.6 Å². The average molecular weight is 590 g/mol. The molecular formula is C10H28N9O13P3. The lowest BCUT2D eigenvalue weighted by molar-refractivity contribution is -0.0423. The van der Waals surface area contributed by atoms with Crippen LogP contribution in [0.5, 0.6) is 0 Å². The van der Waals surface area contributed by atoms with Crippen LogP contribution in [-0.4, -0.2) is 63.0 Å². The molecular weight excluding hydrogens is 562 g/mol. The largest absolute Gasteiger partial charge is 0.490 e.